The molecule has 0 aliphatic carbocycles. The highest BCUT2D eigenvalue weighted by molar-refractivity contribution is 7.21. The number of nitrogens with zero attached hydrogens (tertiary/aromatic N) is 9. The van der Waals surface area contributed by atoms with Crippen LogP contribution in [0.25, 0.3) is 59.3 Å². The maximum Gasteiger partial charge on any atom is 0.434 e. The van der Waals surface area contributed by atoms with E-state index in [0.717, 1.165) is 34.6 Å². The number of halogens is 27. The lowest BCUT2D eigenvalue weighted by Gasteiger charge is -2.40. The highest BCUT2D eigenvalue weighted by Crippen LogP contribution is 2.63. The standard InChI is InChI=1S/C66H34F27N9O6S/c1-16(2)103-42-28-21(67)8-10-23(69)30(28)44(105-19(6)59(73,74)75)36-34(42)49-95-50-35-38(46(107-57(62(82,83)84)63(85,86)87)32-25(71)12-9-22(68)29(32)43(35)104-17(3)4)54-98-56-48-40(41(61(79,80)81)27(109-48)14-18(5)15-94)55-97-53-39-37(52-96-51(36)99(49)66(100(52)53,101(50)54)102(55)56)45(106-20(7)60(76,77)78)31-24(70)11-13-26(72)33(31)47(39)108-58(64(88,89)90)65(91,92)93/h8-14,16-17,19-20,57-58H,1-7H3/q+2/b18-14-. The number of alkyl halides is 21. The van der Waals surface area contributed by atoms with E-state index in [0.29, 0.717) is 25.9 Å². The smallest absolute Gasteiger partial charge is 0.434 e. The second-order valence-corrected chi connectivity index (χ2v) is 26.7. The second-order valence-electron chi connectivity index (χ2n) is 25.6. The van der Waals surface area contributed by atoms with Crippen LogP contribution in [-0.4, -0.2) is 115 Å². The summed E-state index contributed by atoms with van der Waals surface area (Å²) < 4.78 is 465. The van der Waals surface area contributed by atoms with Crippen LogP contribution in [-0.2, 0) is 12.1 Å². The Kier molecular flexibility index (Phi) is 15.7. The monoisotopic (exact) mass is 1590 g/mol. The SMILES string of the molecule is C/C(C#N)=C/c1sc2c3n4c(c2c1C(F)(F)F)N=C1c2c(c(OC(C)C(F)(F)F)c5c(F)ccc(F)c5c2OC(C(F)(F)F)C(F)(F)F)C2=[N+]1C41n4c(c5c(OC(C)C)c6c(F)ccc(F)c6c(OC(C)C(F)(F)F)c5c4=N2)=NC2=[N+]1C(=N3)c1c2c(OC(C)C)c2c(F)ccc(F)c2c1OC(C(F)(F)F)C(F)(F)F. The van der Waals surface area contributed by atoms with Crippen molar-refractivity contribution < 1.29 is 156 Å². The zero-order valence-electron chi connectivity index (χ0n) is 54.6. The molecule has 3 atom stereocenters. The van der Waals surface area contributed by atoms with E-state index in [-0.39, 0.29) is 60.1 Å². The van der Waals surface area contributed by atoms with Crippen molar-refractivity contribution in [1.29, 1.82) is 5.26 Å². The molecule has 1 spiro atoms. The Morgan fingerprint density at radius 1 is 0.431 bits per heavy atom. The van der Waals surface area contributed by atoms with Gasteiger partial charge in [0.1, 0.15) is 96.4 Å². The summed E-state index contributed by atoms with van der Waals surface area (Å²) in [7, 11) is 0. The van der Waals surface area contributed by atoms with E-state index < -0.39 is 293 Å². The number of amidine groups is 4. The van der Waals surface area contributed by atoms with Gasteiger partial charge in [0.15, 0.2) is 12.2 Å². The van der Waals surface area contributed by atoms with E-state index >= 15 is 119 Å². The molecule has 109 heavy (non-hydrogen) atoms. The molecular weight excluding hydrogens is 1560 g/mol. The van der Waals surface area contributed by atoms with Crippen LogP contribution in [0.4, 0.5) is 130 Å². The van der Waals surface area contributed by atoms with Crippen molar-refractivity contribution in [3.8, 4) is 40.6 Å². The lowest BCUT2D eigenvalue weighted by molar-refractivity contribution is -0.790. The zero-order chi connectivity index (χ0) is 79.6. The first-order valence-electron chi connectivity index (χ1n) is 31.1. The number of hydrogen-bond acceptors (Lipinski definition) is 12. The largest absolute Gasteiger partial charge is 0.489 e. The number of ether oxygens (including phenoxy) is 6. The Morgan fingerprint density at radius 2 is 0.761 bits per heavy atom. The molecular formula is C66H34F27N9O6S+2. The Balaban J connectivity index is 1.32. The molecule has 3 unspecified atom stereocenters. The van der Waals surface area contributed by atoms with Crippen LogP contribution in [0.3, 0.4) is 0 Å². The topological polar surface area (TPSA) is 144 Å². The molecule has 9 heterocycles. The number of thiophene rings is 1. The predicted octanol–water partition coefficient (Wildman–Crippen LogP) is 18.0. The summed E-state index contributed by atoms with van der Waals surface area (Å²) in [5, 5.41) is -3.88. The summed E-state index contributed by atoms with van der Waals surface area (Å²) in [5.41, 5.74) is -11.9. The highest BCUT2D eigenvalue weighted by Gasteiger charge is 2.73. The molecule has 6 aliphatic heterocycles. The minimum Gasteiger partial charge on any atom is -0.489 e. The van der Waals surface area contributed by atoms with Crippen molar-refractivity contribution >= 4 is 106 Å². The number of aliphatic imine (C=N–C) groups is 2. The first-order valence-corrected chi connectivity index (χ1v) is 31.9. The predicted molar refractivity (Wildman–Crippen MR) is 325 cm³/mol. The Labute approximate surface area is 589 Å². The van der Waals surface area contributed by atoms with Gasteiger partial charge in [0.05, 0.1) is 72.3 Å². The summed E-state index contributed by atoms with van der Waals surface area (Å²) in [6.07, 6.45) is -64.4. The van der Waals surface area contributed by atoms with Gasteiger partial charge >= 0.3 is 49.1 Å². The van der Waals surface area contributed by atoms with Gasteiger partial charge in [-0.1, -0.05) is 20.0 Å². The molecule has 3 aromatic heterocycles. The second kappa shape index (κ2) is 23.2. The van der Waals surface area contributed by atoms with E-state index in [4.69, 9.17) is 33.4 Å². The molecule has 0 saturated carbocycles. The van der Waals surface area contributed by atoms with E-state index in [1.165, 1.54) is 6.07 Å². The fraction of sp³-hybridized carbons (Fsp3) is 0.318. The molecule has 0 fully saturated rings. The average Bonchev–Trinajstić information content (AvgIpc) is 1.45. The lowest BCUT2D eigenvalue weighted by Crippen LogP contribution is -2.71. The molecule has 6 aromatic carbocycles. The Morgan fingerprint density at radius 3 is 1.11 bits per heavy atom. The van der Waals surface area contributed by atoms with Crippen molar-refractivity contribution in [3.05, 3.63) is 121 Å². The number of hydrogen-bond donors (Lipinski definition) is 0. The van der Waals surface area contributed by atoms with Crippen molar-refractivity contribution in [2.45, 2.75) is 134 Å². The summed E-state index contributed by atoms with van der Waals surface area (Å²) in [6.45, 7) is 5.76. The number of rotatable bonds is 13. The molecule has 43 heteroatoms. The van der Waals surface area contributed by atoms with Crippen molar-refractivity contribution in [1.82, 2.24) is 9.13 Å². The number of benzene rings is 6. The summed E-state index contributed by atoms with van der Waals surface area (Å²) in [6, 6.07) is 2.47. The number of allylic oxidation sites excluding steroid dienone is 1. The van der Waals surface area contributed by atoms with Gasteiger partial charge in [-0.3, -0.25) is 0 Å². The minimum absolute atomic E-state index is 0.00397. The molecule has 0 radical (unpaired) electrons. The van der Waals surface area contributed by atoms with Gasteiger partial charge in [0.25, 0.3) is 35.6 Å². The van der Waals surface area contributed by atoms with Gasteiger partial charge in [0.2, 0.25) is 22.6 Å². The van der Waals surface area contributed by atoms with Crippen LogP contribution in [0.15, 0.2) is 61.9 Å². The third-order valence-corrected chi connectivity index (χ3v) is 19.1. The van der Waals surface area contributed by atoms with E-state index in [1.54, 1.807) is 0 Å². The third kappa shape index (κ3) is 10.3. The van der Waals surface area contributed by atoms with Crippen molar-refractivity contribution in [2.75, 3.05) is 0 Å². The zero-order valence-corrected chi connectivity index (χ0v) is 55.4. The molecule has 0 bridgehead atoms. The summed E-state index contributed by atoms with van der Waals surface area (Å²) in [4.78, 5) is 17.1. The van der Waals surface area contributed by atoms with Gasteiger partial charge in [-0.2, -0.15) is 107 Å². The van der Waals surface area contributed by atoms with Crippen LogP contribution in [0, 0.1) is 46.2 Å². The fourth-order valence-corrected chi connectivity index (χ4v) is 15.2. The van der Waals surface area contributed by atoms with Crippen molar-refractivity contribution in [3.63, 3.8) is 0 Å². The fourth-order valence-electron chi connectivity index (χ4n) is 13.9. The number of nitriles is 1. The maximum absolute atomic E-state index is 17.4. The normalized spacial score (nSPS) is 17.4. The third-order valence-electron chi connectivity index (χ3n) is 17.9. The molecule has 572 valence electrons. The minimum atomic E-state index is -6.83. The molecule has 15 rings (SSSR count). The van der Waals surface area contributed by atoms with Gasteiger partial charge < -0.3 is 28.4 Å². The van der Waals surface area contributed by atoms with Crippen LogP contribution in [0.5, 0.6) is 34.5 Å². The summed E-state index contributed by atoms with van der Waals surface area (Å²) in [5.74, 6) is -35.3. The molecule has 0 N–H and O–H groups in total. The molecule has 6 aliphatic rings. The van der Waals surface area contributed by atoms with Gasteiger partial charge in [0, 0.05) is 10.5 Å². The lowest BCUT2D eigenvalue weighted by atomic mass is 9.96. The number of aromatic nitrogens is 2. The Bertz CT molecular complexity index is 5990. The summed E-state index contributed by atoms with van der Waals surface area (Å²) >= 11 is -0.103. The van der Waals surface area contributed by atoms with Crippen LogP contribution < -0.4 is 39.4 Å². The Hall–Kier alpha value is -10.7. The van der Waals surface area contributed by atoms with Gasteiger partial charge in [-0.05, 0) is 90.9 Å². The van der Waals surface area contributed by atoms with Gasteiger partial charge in [-0.15, -0.1) is 20.5 Å². The molecule has 15 nitrogen and oxygen atoms in total. The highest BCUT2D eigenvalue weighted by atomic mass is 32.1. The quantitative estimate of drug-likeness (QED) is 0.0635. The van der Waals surface area contributed by atoms with E-state index in [2.05, 4.69) is 15.0 Å². The first-order chi connectivity index (χ1) is 50.4. The molecule has 0 amide bonds. The van der Waals surface area contributed by atoms with Gasteiger partial charge in [-0.25, -0.2) is 26.3 Å². The first kappa shape index (κ1) is 73.8. The average molecular weight is 1590 g/mol. The molecule has 9 aromatic rings. The van der Waals surface area contributed by atoms with E-state index in [9.17, 15) is 5.26 Å². The maximum atomic E-state index is 17.4. The van der Waals surface area contributed by atoms with Crippen molar-refractivity contribution in [2.24, 2.45) is 20.0 Å². The van der Waals surface area contributed by atoms with Crippen LogP contribution >= 0.6 is 11.3 Å². The number of fused-ring (bicyclic) bond motifs is 15. The van der Waals surface area contributed by atoms with Crippen LogP contribution in [0.2, 0.25) is 0 Å². The van der Waals surface area contributed by atoms with E-state index in [1.807, 2.05) is 0 Å². The molecule has 0 saturated heterocycles. The van der Waals surface area contributed by atoms with Crippen LogP contribution in [0.1, 0.15) is 81.2 Å².